The lowest BCUT2D eigenvalue weighted by Gasteiger charge is -2.36. The molecule has 0 aliphatic heterocycles. The van der Waals surface area contributed by atoms with Crippen LogP contribution in [0.2, 0.25) is 0 Å². The fourth-order valence-corrected chi connectivity index (χ4v) is 5.93. The maximum Gasteiger partial charge on any atom is 0.206 e. The highest BCUT2D eigenvalue weighted by molar-refractivity contribution is 7.99. The van der Waals surface area contributed by atoms with Crippen LogP contribution in [0.4, 0.5) is 0 Å². The fourth-order valence-electron chi connectivity index (χ4n) is 3.18. The highest BCUT2D eigenvalue weighted by Gasteiger charge is 2.38. The van der Waals surface area contributed by atoms with Gasteiger partial charge in [-0.2, -0.15) is 0 Å². The largest absolute Gasteiger partial charge is 0.324 e. The van der Waals surface area contributed by atoms with Gasteiger partial charge in [0.05, 0.1) is 9.81 Å². The highest BCUT2D eigenvalue weighted by Crippen LogP contribution is 2.40. The van der Waals surface area contributed by atoms with Gasteiger partial charge in [0.1, 0.15) is 9.67 Å². The molecular weight excluding hydrogens is 450 g/mol. The summed E-state index contributed by atoms with van der Waals surface area (Å²) in [5.41, 5.74) is 11.4. The molecule has 0 saturated carbocycles. The number of hydrogen-bond donors (Lipinski definition) is 2. The summed E-state index contributed by atoms with van der Waals surface area (Å²) in [7, 11) is -3.75. The van der Waals surface area contributed by atoms with Crippen molar-refractivity contribution in [3.8, 4) is 0 Å². The van der Waals surface area contributed by atoms with Crippen LogP contribution >= 0.6 is 46.4 Å². The van der Waals surface area contributed by atoms with E-state index >= 15 is 0 Å². The van der Waals surface area contributed by atoms with Gasteiger partial charge in [-0.3, -0.25) is 0 Å². The van der Waals surface area contributed by atoms with E-state index < -0.39 is 42.4 Å². The summed E-state index contributed by atoms with van der Waals surface area (Å²) in [5, 5.41) is 0. The molecule has 0 radical (unpaired) electrons. The molecule has 0 aromatic rings. The standard InChI is InChI=1S/C18H24Cl4N2O2S/c1-17(9-15(19)20)5-3-11(7-13(17)23)27(25,26)12-4-6-18(2,10-16(21)22)14(24)8-12/h3-8,13-16H,9-10,23-24H2,1-2H3. The minimum absolute atomic E-state index is 0.132. The van der Waals surface area contributed by atoms with Crippen LogP contribution in [0.5, 0.6) is 0 Å². The molecule has 0 aromatic heterocycles. The van der Waals surface area contributed by atoms with Gasteiger partial charge in [-0.1, -0.05) is 26.0 Å². The Morgan fingerprint density at radius 3 is 1.48 bits per heavy atom. The number of alkyl halides is 4. The lowest BCUT2D eigenvalue weighted by Crippen LogP contribution is -2.41. The minimum atomic E-state index is -3.75. The van der Waals surface area contributed by atoms with Crippen molar-refractivity contribution in [3.63, 3.8) is 0 Å². The van der Waals surface area contributed by atoms with Gasteiger partial charge in [-0.15, -0.1) is 46.4 Å². The smallest absolute Gasteiger partial charge is 0.206 e. The number of sulfone groups is 1. The average Bonchev–Trinajstić information content (AvgIpc) is 2.51. The molecule has 4 nitrogen and oxygen atoms in total. The Morgan fingerprint density at radius 2 is 1.22 bits per heavy atom. The molecule has 0 bridgehead atoms. The summed E-state index contributed by atoms with van der Waals surface area (Å²) < 4.78 is 26.1. The predicted octanol–water partition coefficient (Wildman–Crippen LogP) is 4.36. The van der Waals surface area contributed by atoms with Crippen LogP contribution in [0.25, 0.3) is 0 Å². The van der Waals surface area contributed by atoms with Gasteiger partial charge in [0.25, 0.3) is 0 Å². The summed E-state index contributed by atoms with van der Waals surface area (Å²) in [6, 6.07) is -1.07. The Balaban J connectivity index is 2.28. The van der Waals surface area contributed by atoms with E-state index in [0.717, 1.165) is 0 Å². The zero-order valence-electron chi connectivity index (χ0n) is 15.1. The number of halogens is 4. The lowest BCUT2D eigenvalue weighted by atomic mass is 9.77. The summed E-state index contributed by atoms with van der Waals surface area (Å²) >= 11 is 23.5. The van der Waals surface area contributed by atoms with Gasteiger partial charge in [0.15, 0.2) is 0 Å². The number of allylic oxidation sites excluding steroid dienone is 2. The van der Waals surface area contributed by atoms with Crippen molar-refractivity contribution in [3.05, 3.63) is 46.3 Å². The zero-order valence-corrected chi connectivity index (χ0v) is 18.9. The van der Waals surface area contributed by atoms with Crippen molar-refractivity contribution in [1.29, 1.82) is 0 Å². The first-order valence-electron chi connectivity index (χ1n) is 8.45. The van der Waals surface area contributed by atoms with E-state index in [9.17, 15) is 8.42 Å². The van der Waals surface area contributed by atoms with E-state index in [4.69, 9.17) is 57.9 Å². The van der Waals surface area contributed by atoms with Gasteiger partial charge in [-0.25, -0.2) is 8.42 Å². The van der Waals surface area contributed by atoms with Crippen LogP contribution in [0.1, 0.15) is 26.7 Å². The summed E-state index contributed by atoms with van der Waals surface area (Å²) in [5.74, 6) is 0. The Bertz CT molecular complexity index is 744. The topological polar surface area (TPSA) is 86.2 Å². The first-order valence-corrected chi connectivity index (χ1v) is 11.7. The van der Waals surface area contributed by atoms with Gasteiger partial charge >= 0.3 is 0 Å². The summed E-state index contributed by atoms with van der Waals surface area (Å²) in [4.78, 5) is -0.922. The Morgan fingerprint density at radius 1 is 0.889 bits per heavy atom. The van der Waals surface area contributed by atoms with E-state index in [-0.39, 0.29) is 9.81 Å². The van der Waals surface area contributed by atoms with Crippen LogP contribution in [-0.4, -0.2) is 30.2 Å². The molecule has 2 rings (SSSR count). The van der Waals surface area contributed by atoms with E-state index in [1.807, 2.05) is 13.8 Å². The van der Waals surface area contributed by atoms with Crippen molar-refractivity contribution < 1.29 is 8.42 Å². The summed E-state index contributed by atoms with van der Waals surface area (Å²) in [6.45, 7) is 3.78. The Labute approximate surface area is 181 Å². The molecule has 0 fully saturated rings. The third-order valence-electron chi connectivity index (χ3n) is 5.28. The highest BCUT2D eigenvalue weighted by atomic mass is 35.5. The molecule has 0 saturated heterocycles. The monoisotopic (exact) mass is 472 g/mol. The molecule has 4 atom stereocenters. The number of hydrogen-bond acceptors (Lipinski definition) is 4. The quantitative estimate of drug-likeness (QED) is 0.561. The van der Waals surface area contributed by atoms with E-state index in [2.05, 4.69) is 0 Å². The normalized spacial score (nSPS) is 34.1. The first kappa shape index (κ1) is 23.3. The number of nitrogens with two attached hydrogens (primary N) is 2. The molecule has 4 N–H and O–H groups in total. The van der Waals surface area contributed by atoms with Crippen molar-refractivity contribution in [1.82, 2.24) is 0 Å². The van der Waals surface area contributed by atoms with Crippen molar-refractivity contribution >= 4 is 56.2 Å². The summed E-state index contributed by atoms with van der Waals surface area (Å²) in [6.07, 6.45) is 10.5. The predicted molar refractivity (Wildman–Crippen MR) is 116 cm³/mol. The van der Waals surface area contributed by atoms with Crippen LogP contribution in [-0.2, 0) is 9.84 Å². The van der Waals surface area contributed by atoms with E-state index in [1.54, 1.807) is 24.3 Å². The van der Waals surface area contributed by atoms with E-state index in [1.165, 1.54) is 12.2 Å². The second-order valence-electron chi connectivity index (χ2n) is 7.56. The number of rotatable bonds is 6. The minimum Gasteiger partial charge on any atom is -0.324 e. The Kier molecular flexibility index (Phi) is 7.23. The van der Waals surface area contributed by atoms with Crippen LogP contribution in [0, 0.1) is 10.8 Å². The molecule has 27 heavy (non-hydrogen) atoms. The van der Waals surface area contributed by atoms with Gasteiger partial charge in [0, 0.05) is 22.9 Å². The third kappa shape index (κ3) is 5.13. The van der Waals surface area contributed by atoms with Crippen LogP contribution in [0.15, 0.2) is 46.3 Å². The second-order valence-corrected chi connectivity index (χ2v) is 12.1. The molecule has 0 aromatic carbocycles. The van der Waals surface area contributed by atoms with E-state index in [0.29, 0.717) is 12.8 Å². The third-order valence-corrected chi connectivity index (χ3v) is 7.68. The molecule has 4 unspecified atom stereocenters. The SMILES string of the molecule is CC1(CC(Cl)Cl)C=CC(S(=O)(=O)C2=CC(N)C(C)(CC(Cl)Cl)C=C2)=CC1N. The van der Waals surface area contributed by atoms with Crippen molar-refractivity contribution in [2.45, 2.75) is 48.4 Å². The van der Waals surface area contributed by atoms with Gasteiger partial charge < -0.3 is 11.5 Å². The zero-order chi connectivity index (χ0) is 20.6. The maximum atomic E-state index is 13.0. The van der Waals surface area contributed by atoms with Crippen LogP contribution < -0.4 is 11.5 Å². The molecule has 0 heterocycles. The molecular formula is C18H24Cl4N2O2S. The van der Waals surface area contributed by atoms with Gasteiger partial charge in [0.2, 0.25) is 9.84 Å². The van der Waals surface area contributed by atoms with Crippen LogP contribution in [0.3, 0.4) is 0 Å². The van der Waals surface area contributed by atoms with Gasteiger partial charge in [-0.05, 0) is 37.1 Å². The molecule has 0 amide bonds. The molecule has 152 valence electrons. The van der Waals surface area contributed by atoms with Crippen molar-refractivity contribution in [2.75, 3.05) is 0 Å². The molecule has 9 heteroatoms. The first-order chi connectivity index (χ1) is 12.3. The fraction of sp³-hybridized carbons (Fsp3) is 0.556. The maximum absolute atomic E-state index is 13.0. The molecule has 2 aliphatic carbocycles. The Hall–Kier alpha value is -0.0100. The lowest BCUT2D eigenvalue weighted by molar-refractivity contribution is 0.356. The molecule has 2 aliphatic rings. The molecule has 0 spiro atoms. The average molecular weight is 474 g/mol. The second kappa shape index (κ2) is 8.39. The van der Waals surface area contributed by atoms with Crippen molar-refractivity contribution in [2.24, 2.45) is 22.3 Å².